The van der Waals surface area contributed by atoms with Gasteiger partial charge in [-0.2, -0.15) is 0 Å². The summed E-state index contributed by atoms with van der Waals surface area (Å²) < 4.78 is 1.85. The number of benzene rings is 2. The van der Waals surface area contributed by atoms with Crippen molar-refractivity contribution in [3.8, 4) is 0 Å². The normalized spacial score (nSPS) is 16.7. The average molecular weight is 438 g/mol. The van der Waals surface area contributed by atoms with Crippen molar-refractivity contribution in [1.29, 1.82) is 0 Å². The molecule has 1 aliphatic heterocycles. The van der Waals surface area contributed by atoms with Crippen LogP contribution >= 0.6 is 23.5 Å². The molecule has 1 aliphatic carbocycles. The van der Waals surface area contributed by atoms with E-state index in [4.69, 9.17) is 4.98 Å². The van der Waals surface area contributed by atoms with Crippen LogP contribution in [0.2, 0.25) is 0 Å². The van der Waals surface area contributed by atoms with Crippen molar-refractivity contribution < 1.29 is 4.79 Å². The molecule has 2 aromatic carbocycles. The van der Waals surface area contributed by atoms with Crippen molar-refractivity contribution in [2.24, 2.45) is 0 Å². The molecule has 0 N–H and O–H groups in total. The zero-order valence-electron chi connectivity index (χ0n) is 16.6. The maximum atomic E-state index is 13.3. The van der Waals surface area contributed by atoms with E-state index in [0.29, 0.717) is 22.6 Å². The monoisotopic (exact) mass is 437 g/mol. The molecular weight excluding hydrogens is 414 g/mol. The fraction of sp³-hybridized carbons (Fsp3) is 0.348. The van der Waals surface area contributed by atoms with E-state index in [1.165, 1.54) is 11.8 Å². The van der Waals surface area contributed by atoms with E-state index in [1.807, 2.05) is 51.9 Å². The number of carbonyl (C=O) groups excluding carboxylic acids is 1. The highest BCUT2D eigenvalue weighted by molar-refractivity contribution is 8.00. The van der Waals surface area contributed by atoms with Gasteiger partial charge in [-0.3, -0.25) is 14.2 Å². The quantitative estimate of drug-likeness (QED) is 0.436. The van der Waals surface area contributed by atoms with Gasteiger partial charge in [-0.15, -0.1) is 11.8 Å². The lowest BCUT2D eigenvalue weighted by molar-refractivity contribution is -0.116. The van der Waals surface area contributed by atoms with Gasteiger partial charge in [-0.1, -0.05) is 48.9 Å². The standard InChI is InChI=1S/C23H23N3O2S2/c27-21(25-13-14-29-20-12-6-5-11-19(20)25)15-30-23-24-18-10-4-3-9-17(18)22(28)26(23)16-7-1-2-8-16/h3-6,9-12,16H,1-2,7-8,13-15H2. The van der Waals surface area contributed by atoms with Crippen molar-refractivity contribution in [3.63, 3.8) is 0 Å². The van der Waals surface area contributed by atoms with E-state index in [2.05, 4.69) is 6.07 Å². The van der Waals surface area contributed by atoms with Crippen LogP contribution in [-0.2, 0) is 4.79 Å². The smallest absolute Gasteiger partial charge is 0.262 e. The Morgan fingerprint density at radius 2 is 1.87 bits per heavy atom. The SMILES string of the molecule is O=C(CSc1nc2ccccc2c(=O)n1C1CCCC1)N1CCSc2ccccc21. The Bertz CT molecular complexity index is 1150. The topological polar surface area (TPSA) is 55.2 Å². The summed E-state index contributed by atoms with van der Waals surface area (Å²) in [6.45, 7) is 0.710. The summed E-state index contributed by atoms with van der Waals surface area (Å²) in [6.07, 6.45) is 4.26. The van der Waals surface area contributed by atoms with E-state index in [9.17, 15) is 9.59 Å². The average Bonchev–Trinajstić information content (AvgIpc) is 3.31. The highest BCUT2D eigenvalue weighted by Crippen LogP contribution is 2.35. The lowest BCUT2D eigenvalue weighted by Gasteiger charge is -2.29. The second-order valence-corrected chi connectivity index (χ2v) is 9.75. The summed E-state index contributed by atoms with van der Waals surface area (Å²) in [5.74, 6) is 1.23. The number of aromatic nitrogens is 2. The first kappa shape index (κ1) is 19.7. The van der Waals surface area contributed by atoms with Crippen molar-refractivity contribution in [2.45, 2.75) is 41.8 Å². The minimum absolute atomic E-state index is 0.0159. The van der Waals surface area contributed by atoms with E-state index < -0.39 is 0 Å². The lowest BCUT2D eigenvalue weighted by atomic mass is 10.2. The first-order chi connectivity index (χ1) is 14.7. The number of thioether (sulfide) groups is 2. The molecule has 1 saturated carbocycles. The Labute approximate surface area is 183 Å². The maximum Gasteiger partial charge on any atom is 0.262 e. The van der Waals surface area contributed by atoms with Crippen molar-refractivity contribution in [2.75, 3.05) is 23.0 Å². The maximum absolute atomic E-state index is 13.3. The van der Waals surface area contributed by atoms with Crippen LogP contribution in [0.3, 0.4) is 0 Å². The number of rotatable bonds is 4. The Hall–Kier alpha value is -2.25. The first-order valence-electron chi connectivity index (χ1n) is 10.4. The highest BCUT2D eigenvalue weighted by Gasteiger charge is 2.26. The first-order valence-corrected chi connectivity index (χ1v) is 12.4. The van der Waals surface area contributed by atoms with Gasteiger partial charge in [0.15, 0.2) is 5.16 Å². The third kappa shape index (κ3) is 3.65. The van der Waals surface area contributed by atoms with Gasteiger partial charge in [0.05, 0.1) is 22.3 Å². The minimum Gasteiger partial charge on any atom is -0.310 e. The van der Waals surface area contributed by atoms with Gasteiger partial charge >= 0.3 is 0 Å². The molecule has 2 heterocycles. The van der Waals surface area contributed by atoms with Gasteiger partial charge in [-0.25, -0.2) is 4.98 Å². The zero-order valence-corrected chi connectivity index (χ0v) is 18.3. The van der Waals surface area contributed by atoms with Crippen LogP contribution < -0.4 is 10.5 Å². The molecule has 0 radical (unpaired) electrons. The molecule has 1 fully saturated rings. The van der Waals surface area contributed by atoms with Gasteiger partial charge in [0.2, 0.25) is 5.91 Å². The molecule has 3 aromatic rings. The molecule has 154 valence electrons. The Balaban J connectivity index is 1.45. The third-order valence-corrected chi connectivity index (χ3v) is 7.80. The number of hydrogen-bond acceptors (Lipinski definition) is 5. The number of hydrogen-bond donors (Lipinski definition) is 0. The van der Waals surface area contributed by atoms with Crippen LogP contribution in [0.1, 0.15) is 31.7 Å². The number of nitrogens with zero attached hydrogens (tertiary/aromatic N) is 3. The lowest BCUT2D eigenvalue weighted by Crippen LogP contribution is -2.37. The number of fused-ring (bicyclic) bond motifs is 2. The molecular formula is C23H23N3O2S2. The van der Waals surface area contributed by atoms with Crippen LogP contribution in [0.4, 0.5) is 5.69 Å². The number of para-hydroxylation sites is 2. The summed E-state index contributed by atoms with van der Waals surface area (Å²) in [5.41, 5.74) is 1.70. The number of carbonyl (C=O) groups is 1. The third-order valence-electron chi connectivity index (χ3n) is 5.82. The van der Waals surface area contributed by atoms with E-state index in [1.54, 1.807) is 11.8 Å². The molecule has 5 rings (SSSR count). The van der Waals surface area contributed by atoms with E-state index in [-0.39, 0.29) is 23.3 Å². The number of anilines is 1. The van der Waals surface area contributed by atoms with Gasteiger partial charge in [0.1, 0.15) is 0 Å². The molecule has 0 bridgehead atoms. The van der Waals surface area contributed by atoms with Crippen molar-refractivity contribution in [3.05, 3.63) is 58.9 Å². The van der Waals surface area contributed by atoms with E-state index in [0.717, 1.165) is 42.0 Å². The molecule has 5 nitrogen and oxygen atoms in total. The van der Waals surface area contributed by atoms with Crippen LogP contribution in [0, 0.1) is 0 Å². The summed E-state index contributed by atoms with van der Waals surface area (Å²) in [5, 5.41) is 1.32. The van der Waals surface area contributed by atoms with Crippen LogP contribution in [0.15, 0.2) is 63.4 Å². The summed E-state index contributed by atoms with van der Waals surface area (Å²) >= 11 is 3.18. The van der Waals surface area contributed by atoms with E-state index >= 15 is 0 Å². The zero-order chi connectivity index (χ0) is 20.5. The largest absolute Gasteiger partial charge is 0.310 e. The Morgan fingerprint density at radius 3 is 2.73 bits per heavy atom. The fourth-order valence-corrected chi connectivity index (χ4v) is 6.28. The molecule has 0 unspecified atom stereocenters. The second kappa shape index (κ2) is 8.47. The second-order valence-electron chi connectivity index (χ2n) is 7.68. The van der Waals surface area contributed by atoms with Crippen molar-refractivity contribution >= 4 is 46.0 Å². The van der Waals surface area contributed by atoms with Crippen LogP contribution in [0.25, 0.3) is 10.9 Å². The molecule has 0 atom stereocenters. The van der Waals surface area contributed by atoms with Crippen molar-refractivity contribution in [1.82, 2.24) is 9.55 Å². The predicted molar refractivity (Wildman–Crippen MR) is 124 cm³/mol. The fourth-order valence-electron chi connectivity index (χ4n) is 4.34. The van der Waals surface area contributed by atoms with Gasteiger partial charge in [-0.05, 0) is 37.1 Å². The molecule has 30 heavy (non-hydrogen) atoms. The molecule has 1 amide bonds. The number of amides is 1. The van der Waals surface area contributed by atoms with Crippen LogP contribution in [-0.4, -0.2) is 33.5 Å². The van der Waals surface area contributed by atoms with Gasteiger partial charge < -0.3 is 4.90 Å². The highest BCUT2D eigenvalue weighted by atomic mass is 32.2. The summed E-state index contributed by atoms with van der Waals surface area (Å²) in [7, 11) is 0. The van der Waals surface area contributed by atoms with Gasteiger partial charge in [0.25, 0.3) is 5.56 Å². The molecule has 7 heteroatoms. The summed E-state index contributed by atoms with van der Waals surface area (Å²) in [6, 6.07) is 15.7. The molecule has 1 aromatic heterocycles. The van der Waals surface area contributed by atoms with Gasteiger partial charge in [0, 0.05) is 23.2 Å². The Morgan fingerprint density at radius 1 is 1.10 bits per heavy atom. The minimum atomic E-state index is 0.0159. The molecule has 2 aliphatic rings. The summed E-state index contributed by atoms with van der Waals surface area (Å²) in [4.78, 5) is 34.2. The molecule has 0 saturated heterocycles. The predicted octanol–water partition coefficient (Wildman–Crippen LogP) is 4.74. The molecule has 0 spiro atoms. The van der Waals surface area contributed by atoms with Crippen LogP contribution in [0.5, 0.6) is 0 Å². The Kier molecular flexibility index (Phi) is 5.56.